The molecule has 127 valence electrons. The first-order valence-corrected chi connectivity index (χ1v) is 12.8. The van der Waals surface area contributed by atoms with Gasteiger partial charge in [-0.3, -0.25) is 0 Å². The van der Waals surface area contributed by atoms with Crippen molar-refractivity contribution in [2.75, 3.05) is 0 Å². The van der Waals surface area contributed by atoms with Crippen LogP contribution in [0.3, 0.4) is 0 Å². The van der Waals surface area contributed by atoms with Gasteiger partial charge >= 0.3 is 163 Å². The predicted octanol–water partition coefficient (Wildman–Crippen LogP) is 3.72. The molecule has 0 unspecified atom stereocenters. The summed E-state index contributed by atoms with van der Waals surface area (Å²) in [6, 6.07) is 40.9. The zero-order valence-corrected chi connectivity index (χ0v) is 16.9. The number of hydrogen-bond acceptors (Lipinski definition) is 0. The Labute approximate surface area is 162 Å². The zero-order chi connectivity index (χ0) is 17.8. The maximum absolute atomic E-state index is 6.80. The summed E-state index contributed by atoms with van der Waals surface area (Å²) in [6.07, 6.45) is 0. The van der Waals surface area contributed by atoms with E-state index in [4.69, 9.17) is 11.6 Å². The van der Waals surface area contributed by atoms with Gasteiger partial charge in [0, 0.05) is 0 Å². The van der Waals surface area contributed by atoms with Crippen LogP contribution in [-0.2, 0) is 0 Å². The van der Waals surface area contributed by atoms with Crippen LogP contribution in [0.4, 0.5) is 0 Å². The van der Waals surface area contributed by atoms with Crippen molar-refractivity contribution in [1.29, 1.82) is 0 Å². The van der Waals surface area contributed by atoms with Gasteiger partial charge in [0.1, 0.15) is 0 Å². The molecule has 2 heteroatoms. The van der Waals surface area contributed by atoms with Crippen LogP contribution in [0.1, 0.15) is 0 Å². The van der Waals surface area contributed by atoms with Crippen molar-refractivity contribution in [3.05, 3.63) is 120 Å². The molecule has 4 rings (SSSR count). The molecule has 0 N–H and O–H groups in total. The molecule has 0 saturated heterocycles. The Kier molecular flexibility index (Phi) is 4.97. The normalized spacial score (nSPS) is 11.3. The van der Waals surface area contributed by atoms with Crippen molar-refractivity contribution in [2.45, 2.75) is 0 Å². The molecule has 0 fully saturated rings. The van der Waals surface area contributed by atoms with Crippen molar-refractivity contribution in [2.24, 2.45) is 0 Å². The van der Waals surface area contributed by atoms with E-state index < -0.39 is 13.6 Å². The van der Waals surface area contributed by atoms with E-state index in [1.807, 2.05) is 12.1 Å². The van der Waals surface area contributed by atoms with E-state index in [2.05, 4.69) is 103 Å². The number of rotatable bonds is 4. The SMILES string of the molecule is Clc1ccccc1[As](c1ccccc1)(c1ccccc1)c1ccccc1. The first-order chi connectivity index (χ1) is 12.8. The average molecular weight is 418 g/mol. The molecule has 26 heavy (non-hydrogen) atoms. The summed E-state index contributed by atoms with van der Waals surface area (Å²) in [5.41, 5.74) is 0. The van der Waals surface area contributed by atoms with Crippen LogP contribution >= 0.6 is 11.6 Å². The van der Waals surface area contributed by atoms with Crippen molar-refractivity contribution < 1.29 is 0 Å². The van der Waals surface area contributed by atoms with Crippen molar-refractivity contribution >= 4 is 42.6 Å². The number of hydrogen-bond donors (Lipinski definition) is 0. The quantitative estimate of drug-likeness (QED) is 0.444. The summed E-state index contributed by atoms with van der Waals surface area (Å²) in [5, 5.41) is 0.844. The van der Waals surface area contributed by atoms with Gasteiger partial charge in [-0.05, 0) is 0 Å². The van der Waals surface area contributed by atoms with Crippen molar-refractivity contribution in [1.82, 2.24) is 0 Å². The van der Waals surface area contributed by atoms with Gasteiger partial charge in [-0.25, -0.2) is 0 Å². The molecule has 0 amide bonds. The molecule has 0 aliphatic rings. The van der Waals surface area contributed by atoms with Crippen LogP contribution in [0.15, 0.2) is 115 Å². The molecule has 0 aromatic heterocycles. The van der Waals surface area contributed by atoms with Crippen LogP contribution in [0.2, 0.25) is 5.02 Å². The van der Waals surface area contributed by atoms with E-state index in [0.717, 1.165) is 5.02 Å². The molecular weight excluding hydrogens is 399 g/mol. The summed E-state index contributed by atoms with van der Waals surface area (Å²) in [7, 11) is 0. The Balaban J connectivity index is 2.17. The molecule has 0 heterocycles. The summed E-state index contributed by atoms with van der Waals surface area (Å²) >= 11 is 3.85. The third-order valence-electron chi connectivity index (χ3n) is 4.64. The fourth-order valence-electron chi connectivity index (χ4n) is 3.54. The van der Waals surface area contributed by atoms with Gasteiger partial charge in [0.25, 0.3) is 0 Å². The van der Waals surface area contributed by atoms with Crippen LogP contribution in [0.25, 0.3) is 0 Å². The third kappa shape index (κ3) is 2.90. The first-order valence-electron chi connectivity index (χ1n) is 8.64. The Morgan fingerprint density at radius 2 is 0.769 bits per heavy atom. The van der Waals surface area contributed by atoms with Gasteiger partial charge in [0.05, 0.1) is 0 Å². The van der Waals surface area contributed by atoms with E-state index in [-0.39, 0.29) is 0 Å². The van der Waals surface area contributed by atoms with E-state index >= 15 is 0 Å². The Morgan fingerprint density at radius 3 is 1.15 bits per heavy atom. The third-order valence-corrected chi connectivity index (χ3v) is 14.3. The molecule has 0 bridgehead atoms. The number of halogens is 1. The second kappa shape index (κ2) is 7.54. The maximum atomic E-state index is 6.80. The Hall–Kier alpha value is -2.27. The van der Waals surface area contributed by atoms with E-state index in [9.17, 15) is 0 Å². The standard InChI is InChI=1S/C24H19AsCl/c26-24-19-11-10-18-23(24)25(20-12-4-1-5-13-20,21-14-6-2-7-15-21)22-16-8-3-9-17-22/h1-19H. The summed E-state index contributed by atoms with van der Waals surface area (Å²) < 4.78 is 5.37. The van der Waals surface area contributed by atoms with Gasteiger partial charge < -0.3 is 0 Å². The first kappa shape index (κ1) is 17.2. The van der Waals surface area contributed by atoms with Crippen LogP contribution in [-0.4, -0.2) is 13.6 Å². The van der Waals surface area contributed by atoms with Crippen LogP contribution < -0.4 is 17.4 Å². The van der Waals surface area contributed by atoms with Gasteiger partial charge in [0.2, 0.25) is 0 Å². The minimum absolute atomic E-state index is 0.844. The fraction of sp³-hybridized carbons (Fsp3) is 0. The summed E-state index contributed by atoms with van der Waals surface area (Å²) in [6.45, 7) is 0. The molecule has 0 spiro atoms. The minimum atomic E-state index is -2.95. The Morgan fingerprint density at radius 1 is 0.423 bits per heavy atom. The van der Waals surface area contributed by atoms with Crippen molar-refractivity contribution in [3.8, 4) is 0 Å². The topological polar surface area (TPSA) is 0 Å². The molecule has 0 nitrogen and oxygen atoms in total. The van der Waals surface area contributed by atoms with Gasteiger partial charge in [-0.2, -0.15) is 0 Å². The van der Waals surface area contributed by atoms with Crippen molar-refractivity contribution in [3.63, 3.8) is 0 Å². The predicted molar refractivity (Wildman–Crippen MR) is 115 cm³/mol. The molecule has 0 atom stereocenters. The molecule has 4 aromatic carbocycles. The van der Waals surface area contributed by atoms with E-state index in [0.29, 0.717) is 0 Å². The molecule has 1 radical (unpaired) electrons. The van der Waals surface area contributed by atoms with Gasteiger partial charge in [0.15, 0.2) is 0 Å². The molecule has 0 aliphatic carbocycles. The number of benzene rings is 4. The van der Waals surface area contributed by atoms with Gasteiger partial charge in [-0.1, -0.05) is 0 Å². The second-order valence-corrected chi connectivity index (χ2v) is 13.6. The van der Waals surface area contributed by atoms with Crippen LogP contribution in [0.5, 0.6) is 0 Å². The second-order valence-electron chi connectivity index (χ2n) is 6.13. The fourth-order valence-corrected chi connectivity index (χ4v) is 13.3. The van der Waals surface area contributed by atoms with Gasteiger partial charge in [-0.15, -0.1) is 0 Å². The monoisotopic (exact) mass is 417 g/mol. The van der Waals surface area contributed by atoms with E-state index in [1.54, 1.807) is 0 Å². The Bertz CT molecular complexity index is 885. The average Bonchev–Trinajstić information content (AvgIpc) is 2.72. The summed E-state index contributed by atoms with van der Waals surface area (Å²) in [4.78, 5) is 0. The molecule has 0 saturated carbocycles. The van der Waals surface area contributed by atoms with E-state index in [1.165, 1.54) is 17.4 Å². The summed E-state index contributed by atoms with van der Waals surface area (Å²) in [5.74, 6) is 0. The zero-order valence-electron chi connectivity index (χ0n) is 14.3. The molecule has 4 aromatic rings. The van der Waals surface area contributed by atoms with Crippen LogP contribution in [0, 0.1) is 0 Å². The molecule has 0 aliphatic heterocycles. The molecular formula is C24H19AsCl.